The molecule has 58 heavy (non-hydrogen) atoms. The van der Waals surface area contributed by atoms with Gasteiger partial charge in [-0.3, -0.25) is 0 Å². The first-order valence-electron chi connectivity index (χ1n) is 19.8. The summed E-state index contributed by atoms with van der Waals surface area (Å²) < 4.78 is 6.96. The van der Waals surface area contributed by atoms with Crippen LogP contribution in [-0.4, -0.2) is 0 Å². The van der Waals surface area contributed by atoms with E-state index in [-0.39, 0.29) is 0 Å². The van der Waals surface area contributed by atoms with Crippen molar-refractivity contribution in [1.29, 1.82) is 0 Å². The Morgan fingerprint density at radius 1 is 0.276 bits per heavy atom. The second-order valence-electron chi connectivity index (χ2n) is 14.9. The van der Waals surface area contributed by atoms with Crippen LogP contribution in [0.25, 0.3) is 88.0 Å². The first-order chi connectivity index (χ1) is 28.7. The number of furan rings is 1. The second-order valence-corrected chi connectivity index (χ2v) is 14.9. The Labute approximate surface area is 337 Å². The molecule has 11 aromatic rings. The van der Waals surface area contributed by atoms with Gasteiger partial charge in [-0.2, -0.15) is 0 Å². The molecule has 0 N–H and O–H groups in total. The molecule has 10 aromatic carbocycles. The standard InChI is InChI=1S/C56H37NO/c1-4-11-38(12-5-1)40-19-21-41(22-20-40)42-25-31-48(32-26-42)57(47-15-8-3-9-16-47)49-33-27-43(28-34-49)51-17-10-18-52-53-36-29-44-23-24-46-37-45(39-13-6-2-7-14-39)30-35-50(46)54(44)56(53)58-55(51)52/h1-37H. The predicted molar refractivity (Wildman–Crippen MR) is 245 cm³/mol. The molecule has 0 unspecified atom stereocenters. The van der Waals surface area contributed by atoms with Gasteiger partial charge in [0.2, 0.25) is 0 Å². The Hall–Kier alpha value is -7.68. The van der Waals surface area contributed by atoms with Crippen LogP contribution in [0.5, 0.6) is 0 Å². The maximum atomic E-state index is 6.96. The van der Waals surface area contributed by atoms with E-state index in [4.69, 9.17) is 4.42 Å². The minimum atomic E-state index is 0.906. The van der Waals surface area contributed by atoms with Crippen molar-refractivity contribution < 1.29 is 4.42 Å². The van der Waals surface area contributed by atoms with Crippen molar-refractivity contribution in [2.75, 3.05) is 4.90 Å². The van der Waals surface area contributed by atoms with Gasteiger partial charge in [-0.25, -0.2) is 0 Å². The molecular weight excluding hydrogens is 703 g/mol. The highest BCUT2D eigenvalue weighted by atomic mass is 16.3. The zero-order valence-corrected chi connectivity index (χ0v) is 31.7. The zero-order valence-electron chi connectivity index (χ0n) is 31.7. The fourth-order valence-electron chi connectivity index (χ4n) is 8.54. The summed E-state index contributed by atoms with van der Waals surface area (Å²) >= 11 is 0. The molecule has 0 saturated carbocycles. The van der Waals surface area contributed by atoms with Crippen molar-refractivity contribution in [3.63, 3.8) is 0 Å². The van der Waals surface area contributed by atoms with E-state index in [0.29, 0.717) is 0 Å². The zero-order chi connectivity index (χ0) is 38.4. The van der Waals surface area contributed by atoms with E-state index in [1.165, 1.54) is 49.5 Å². The van der Waals surface area contributed by atoms with Gasteiger partial charge in [0.25, 0.3) is 0 Å². The number of anilines is 3. The lowest BCUT2D eigenvalue weighted by Gasteiger charge is -2.26. The first-order valence-corrected chi connectivity index (χ1v) is 19.8. The summed E-state index contributed by atoms with van der Waals surface area (Å²) in [4.78, 5) is 2.31. The number of rotatable bonds is 7. The molecule has 11 rings (SSSR count). The summed E-state index contributed by atoms with van der Waals surface area (Å²) in [6.07, 6.45) is 0. The van der Waals surface area contributed by atoms with E-state index >= 15 is 0 Å². The van der Waals surface area contributed by atoms with Gasteiger partial charge in [0.1, 0.15) is 11.2 Å². The Bertz CT molecular complexity index is 3220. The van der Waals surface area contributed by atoms with Crippen LogP contribution in [0.2, 0.25) is 0 Å². The summed E-state index contributed by atoms with van der Waals surface area (Å²) in [5, 5.41) is 6.98. The molecule has 0 saturated heterocycles. The van der Waals surface area contributed by atoms with Crippen LogP contribution in [0, 0.1) is 0 Å². The Morgan fingerprint density at radius 3 is 1.36 bits per heavy atom. The topological polar surface area (TPSA) is 16.4 Å². The number of nitrogens with zero attached hydrogens (tertiary/aromatic N) is 1. The SMILES string of the molecule is c1ccc(-c2ccc(-c3ccc(N(c4ccccc4)c4ccc(-c5cccc6c5oc5c6ccc6ccc7cc(-c8ccccc8)ccc7c65)cc4)cc3)cc2)cc1. The second kappa shape index (κ2) is 14.1. The van der Waals surface area contributed by atoms with Crippen molar-refractivity contribution >= 4 is 60.5 Å². The van der Waals surface area contributed by atoms with E-state index in [1.54, 1.807) is 0 Å². The van der Waals surface area contributed by atoms with Gasteiger partial charge in [0.15, 0.2) is 0 Å². The lowest BCUT2D eigenvalue weighted by molar-refractivity contribution is 0.674. The molecule has 2 heteroatoms. The number of hydrogen-bond acceptors (Lipinski definition) is 2. The maximum absolute atomic E-state index is 6.96. The summed E-state index contributed by atoms with van der Waals surface area (Å²) in [7, 11) is 0. The van der Waals surface area contributed by atoms with E-state index in [0.717, 1.165) is 55.5 Å². The quantitative estimate of drug-likeness (QED) is 0.151. The van der Waals surface area contributed by atoms with Crippen LogP contribution in [0.3, 0.4) is 0 Å². The molecule has 272 valence electrons. The third kappa shape index (κ3) is 5.91. The summed E-state index contributed by atoms with van der Waals surface area (Å²) in [6, 6.07) is 80.4. The molecule has 0 bridgehead atoms. The summed E-state index contributed by atoms with van der Waals surface area (Å²) in [5.74, 6) is 0. The van der Waals surface area contributed by atoms with Gasteiger partial charge in [-0.05, 0) is 104 Å². The smallest absolute Gasteiger partial charge is 0.143 e. The van der Waals surface area contributed by atoms with Crippen LogP contribution in [0.1, 0.15) is 0 Å². The van der Waals surface area contributed by atoms with Gasteiger partial charge >= 0.3 is 0 Å². The highest BCUT2D eigenvalue weighted by Crippen LogP contribution is 2.43. The van der Waals surface area contributed by atoms with Gasteiger partial charge in [0.05, 0.1) is 0 Å². The van der Waals surface area contributed by atoms with Crippen molar-refractivity contribution in [3.05, 3.63) is 224 Å². The fraction of sp³-hybridized carbons (Fsp3) is 0. The van der Waals surface area contributed by atoms with Gasteiger partial charge in [-0.1, -0.05) is 176 Å². The molecule has 2 nitrogen and oxygen atoms in total. The third-order valence-corrected chi connectivity index (χ3v) is 11.5. The molecule has 0 aliphatic carbocycles. The highest BCUT2D eigenvalue weighted by molar-refractivity contribution is 6.24. The maximum Gasteiger partial charge on any atom is 0.143 e. The average Bonchev–Trinajstić information content (AvgIpc) is 3.70. The Balaban J connectivity index is 0.950. The molecule has 0 aliphatic heterocycles. The van der Waals surface area contributed by atoms with Crippen molar-refractivity contribution in [3.8, 4) is 44.5 Å². The molecule has 0 amide bonds. The fourth-order valence-corrected chi connectivity index (χ4v) is 8.54. The molecule has 0 fully saturated rings. The molecule has 1 heterocycles. The molecule has 1 aromatic heterocycles. The van der Waals surface area contributed by atoms with E-state index in [1.807, 2.05) is 0 Å². The van der Waals surface area contributed by atoms with Gasteiger partial charge in [0, 0.05) is 38.8 Å². The third-order valence-electron chi connectivity index (χ3n) is 11.5. The lowest BCUT2D eigenvalue weighted by atomic mass is 9.96. The Kier molecular flexibility index (Phi) is 8.19. The van der Waals surface area contributed by atoms with Crippen molar-refractivity contribution in [2.24, 2.45) is 0 Å². The van der Waals surface area contributed by atoms with Crippen molar-refractivity contribution in [2.45, 2.75) is 0 Å². The largest absolute Gasteiger partial charge is 0.455 e. The minimum Gasteiger partial charge on any atom is -0.455 e. The van der Waals surface area contributed by atoms with Crippen LogP contribution < -0.4 is 4.90 Å². The molecule has 0 atom stereocenters. The van der Waals surface area contributed by atoms with Crippen LogP contribution in [0.15, 0.2) is 229 Å². The number of fused-ring (bicyclic) bond motifs is 7. The summed E-state index contributed by atoms with van der Waals surface area (Å²) in [5.41, 5.74) is 14.6. The van der Waals surface area contributed by atoms with Crippen LogP contribution in [0.4, 0.5) is 17.1 Å². The number of hydrogen-bond donors (Lipinski definition) is 0. The minimum absolute atomic E-state index is 0.906. The lowest BCUT2D eigenvalue weighted by Crippen LogP contribution is -2.09. The summed E-state index contributed by atoms with van der Waals surface area (Å²) in [6.45, 7) is 0. The van der Waals surface area contributed by atoms with Crippen molar-refractivity contribution in [1.82, 2.24) is 0 Å². The van der Waals surface area contributed by atoms with E-state index in [9.17, 15) is 0 Å². The normalized spacial score (nSPS) is 11.4. The highest BCUT2D eigenvalue weighted by Gasteiger charge is 2.18. The van der Waals surface area contributed by atoms with Crippen LogP contribution >= 0.6 is 0 Å². The number of para-hydroxylation sites is 2. The predicted octanol–water partition coefficient (Wildman–Crippen LogP) is 16.0. The van der Waals surface area contributed by atoms with E-state index in [2.05, 4.69) is 229 Å². The molecule has 0 spiro atoms. The van der Waals surface area contributed by atoms with Crippen LogP contribution in [-0.2, 0) is 0 Å². The molecule has 0 radical (unpaired) electrons. The van der Waals surface area contributed by atoms with E-state index < -0.39 is 0 Å². The first kappa shape index (κ1) is 33.6. The number of benzene rings is 10. The Morgan fingerprint density at radius 2 is 0.724 bits per heavy atom. The molecule has 0 aliphatic rings. The van der Waals surface area contributed by atoms with Gasteiger partial charge in [-0.15, -0.1) is 0 Å². The van der Waals surface area contributed by atoms with Gasteiger partial charge < -0.3 is 9.32 Å². The molecular formula is C56H37NO. The average molecular weight is 740 g/mol. The monoisotopic (exact) mass is 739 g/mol.